The number of hydrogen-bond donors (Lipinski definition) is 1. The van der Waals surface area contributed by atoms with Gasteiger partial charge in [0.15, 0.2) is 0 Å². The third-order valence-electron chi connectivity index (χ3n) is 3.90. The van der Waals surface area contributed by atoms with Gasteiger partial charge < -0.3 is 10.5 Å². The Balaban J connectivity index is 2.12. The zero-order valence-corrected chi connectivity index (χ0v) is 12.4. The lowest BCUT2D eigenvalue weighted by atomic mass is 10.2. The van der Waals surface area contributed by atoms with E-state index in [-0.39, 0.29) is 12.1 Å². The van der Waals surface area contributed by atoms with E-state index in [4.69, 9.17) is 10.5 Å². The first-order chi connectivity index (χ1) is 9.05. The van der Waals surface area contributed by atoms with Gasteiger partial charge in [0.2, 0.25) is 0 Å². The minimum atomic E-state index is -3.37. The van der Waals surface area contributed by atoms with Gasteiger partial charge in [-0.25, -0.2) is 0 Å². The summed E-state index contributed by atoms with van der Waals surface area (Å²) in [4.78, 5) is 0. The van der Waals surface area contributed by atoms with Gasteiger partial charge in [-0.05, 0) is 19.8 Å². The van der Waals surface area contributed by atoms with E-state index < -0.39 is 10.2 Å². The molecule has 2 atom stereocenters. The molecule has 2 saturated heterocycles. The van der Waals surface area contributed by atoms with Gasteiger partial charge in [0.1, 0.15) is 0 Å². The highest BCUT2D eigenvalue weighted by atomic mass is 32.2. The molecule has 2 fully saturated rings. The minimum absolute atomic E-state index is 0.115. The topological polar surface area (TPSA) is 75.9 Å². The third kappa shape index (κ3) is 3.46. The molecule has 0 radical (unpaired) electrons. The molecule has 112 valence electrons. The average molecular weight is 291 g/mol. The van der Waals surface area contributed by atoms with Crippen molar-refractivity contribution in [1.82, 2.24) is 8.61 Å². The SMILES string of the molecule is CC1COC(CN)CN1S(=O)(=O)N1CCCCCC1. The molecule has 0 spiro atoms. The minimum Gasteiger partial charge on any atom is -0.374 e. The third-order valence-corrected chi connectivity index (χ3v) is 6.02. The van der Waals surface area contributed by atoms with E-state index in [0.717, 1.165) is 25.7 Å². The lowest BCUT2D eigenvalue weighted by molar-refractivity contribution is -0.0238. The predicted molar refractivity (Wildman–Crippen MR) is 73.9 cm³/mol. The Bertz CT molecular complexity index is 380. The Labute approximate surface area is 116 Å². The molecule has 2 rings (SSSR count). The van der Waals surface area contributed by atoms with E-state index in [2.05, 4.69) is 0 Å². The Kier molecular flexibility index (Phi) is 5.19. The largest absolute Gasteiger partial charge is 0.374 e. The quantitative estimate of drug-likeness (QED) is 0.803. The fourth-order valence-corrected chi connectivity index (χ4v) is 4.56. The van der Waals surface area contributed by atoms with Crippen molar-refractivity contribution < 1.29 is 13.2 Å². The van der Waals surface area contributed by atoms with Gasteiger partial charge in [-0.15, -0.1) is 0 Å². The second-order valence-electron chi connectivity index (χ2n) is 5.43. The van der Waals surface area contributed by atoms with Crippen molar-refractivity contribution in [3.63, 3.8) is 0 Å². The first kappa shape index (κ1) is 15.2. The van der Waals surface area contributed by atoms with E-state index in [0.29, 0.717) is 32.8 Å². The van der Waals surface area contributed by atoms with Crippen molar-refractivity contribution >= 4 is 10.2 Å². The molecule has 2 N–H and O–H groups in total. The van der Waals surface area contributed by atoms with Gasteiger partial charge in [-0.1, -0.05) is 12.8 Å². The van der Waals surface area contributed by atoms with Crippen LogP contribution in [0.5, 0.6) is 0 Å². The maximum absolute atomic E-state index is 12.7. The van der Waals surface area contributed by atoms with E-state index >= 15 is 0 Å². The molecule has 19 heavy (non-hydrogen) atoms. The number of nitrogens with zero attached hydrogens (tertiary/aromatic N) is 2. The van der Waals surface area contributed by atoms with Crippen LogP contribution in [0.25, 0.3) is 0 Å². The van der Waals surface area contributed by atoms with Crippen LogP contribution in [0.3, 0.4) is 0 Å². The summed E-state index contributed by atoms with van der Waals surface area (Å²) in [5.41, 5.74) is 5.60. The normalized spacial score (nSPS) is 32.1. The molecule has 2 aliphatic heterocycles. The molecule has 6 nitrogen and oxygen atoms in total. The molecule has 0 aromatic rings. The molecule has 2 aliphatic rings. The lowest BCUT2D eigenvalue weighted by Crippen LogP contribution is -2.56. The standard InChI is InChI=1S/C12H25N3O3S/c1-11-10-18-12(8-13)9-15(11)19(16,17)14-6-4-2-3-5-7-14/h11-12H,2-10,13H2,1H3. The summed E-state index contributed by atoms with van der Waals surface area (Å²) in [6.07, 6.45) is 3.97. The van der Waals surface area contributed by atoms with Gasteiger partial charge in [0, 0.05) is 32.2 Å². The van der Waals surface area contributed by atoms with E-state index in [1.165, 1.54) is 0 Å². The van der Waals surface area contributed by atoms with Crippen LogP contribution in [0.15, 0.2) is 0 Å². The average Bonchev–Trinajstić information content (AvgIpc) is 2.68. The van der Waals surface area contributed by atoms with Gasteiger partial charge in [-0.3, -0.25) is 0 Å². The van der Waals surface area contributed by atoms with Gasteiger partial charge >= 0.3 is 0 Å². The number of ether oxygens (including phenoxy) is 1. The molecule has 7 heteroatoms. The van der Waals surface area contributed by atoms with Crippen molar-refractivity contribution in [3.05, 3.63) is 0 Å². The first-order valence-corrected chi connectivity index (χ1v) is 8.54. The number of rotatable bonds is 3. The summed E-state index contributed by atoms with van der Waals surface area (Å²) in [7, 11) is -3.37. The zero-order chi connectivity index (χ0) is 13.9. The van der Waals surface area contributed by atoms with E-state index in [1.54, 1.807) is 8.61 Å². The maximum Gasteiger partial charge on any atom is 0.282 e. The Morgan fingerprint density at radius 1 is 1.21 bits per heavy atom. The molecule has 2 heterocycles. The van der Waals surface area contributed by atoms with Crippen LogP contribution in [-0.4, -0.2) is 62.0 Å². The summed E-state index contributed by atoms with van der Waals surface area (Å²) in [5.74, 6) is 0. The van der Waals surface area contributed by atoms with Crippen LogP contribution in [0.2, 0.25) is 0 Å². The predicted octanol–water partition coefficient (Wildman–Crippen LogP) is 0.155. The van der Waals surface area contributed by atoms with Crippen LogP contribution in [0, 0.1) is 0 Å². The van der Waals surface area contributed by atoms with Gasteiger partial charge in [0.05, 0.1) is 12.7 Å². The fraction of sp³-hybridized carbons (Fsp3) is 1.00. The fourth-order valence-electron chi connectivity index (χ4n) is 2.68. The summed E-state index contributed by atoms with van der Waals surface area (Å²) in [6.45, 7) is 4.33. The number of hydrogen-bond acceptors (Lipinski definition) is 4. The second-order valence-corrected chi connectivity index (χ2v) is 7.31. The summed E-state index contributed by atoms with van der Waals surface area (Å²) in [5, 5.41) is 0. The lowest BCUT2D eigenvalue weighted by Gasteiger charge is -2.39. The first-order valence-electron chi connectivity index (χ1n) is 7.14. The number of nitrogens with two attached hydrogens (primary N) is 1. The molecule has 0 aromatic heterocycles. The van der Waals surface area contributed by atoms with Crippen molar-refractivity contribution in [2.75, 3.05) is 32.8 Å². The monoisotopic (exact) mass is 291 g/mol. The second kappa shape index (κ2) is 6.49. The van der Waals surface area contributed by atoms with Crippen LogP contribution in [0.4, 0.5) is 0 Å². The molecule has 0 bridgehead atoms. The van der Waals surface area contributed by atoms with Gasteiger partial charge in [-0.2, -0.15) is 17.0 Å². The van der Waals surface area contributed by atoms with Crippen LogP contribution in [0.1, 0.15) is 32.6 Å². The van der Waals surface area contributed by atoms with Gasteiger partial charge in [0.25, 0.3) is 10.2 Å². The van der Waals surface area contributed by atoms with Crippen LogP contribution < -0.4 is 5.73 Å². The summed E-state index contributed by atoms with van der Waals surface area (Å²) < 4.78 is 34.2. The maximum atomic E-state index is 12.7. The highest BCUT2D eigenvalue weighted by Crippen LogP contribution is 2.21. The van der Waals surface area contributed by atoms with Crippen LogP contribution in [-0.2, 0) is 14.9 Å². The van der Waals surface area contributed by atoms with Crippen molar-refractivity contribution in [3.8, 4) is 0 Å². The van der Waals surface area contributed by atoms with E-state index in [1.807, 2.05) is 6.92 Å². The Morgan fingerprint density at radius 2 is 1.84 bits per heavy atom. The van der Waals surface area contributed by atoms with E-state index in [9.17, 15) is 8.42 Å². The van der Waals surface area contributed by atoms with Crippen molar-refractivity contribution in [2.24, 2.45) is 5.73 Å². The number of morpholine rings is 1. The molecule has 0 aromatic carbocycles. The highest BCUT2D eigenvalue weighted by molar-refractivity contribution is 7.86. The van der Waals surface area contributed by atoms with Crippen molar-refractivity contribution in [1.29, 1.82) is 0 Å². The summed E-state index contributed by atoms with van der Waals surface area (Å²) >= 11 is 0. The Hall–Kier alpha value is -0.210. The molecule has 0 saturated carbocycles. The molecule has 0 aliphatic carbocycles. The smallest absolute Gasteiger partial charge is 0.282 e. The molecule has 0 amide bonds. The molecular formula is C12H25N3O3S. The zero-order valence-electron chi connectivity index (χ0n) is 11.6. The molecule has 2 unspecified atom stereocenters. The van der Waals surface area contributed by atoms with Crippen LogP contribution >= 0.6 is 0 Å². The summed E-state index contributed by atoms with van der Waals surface area (Å²) in [6, 6.07) is -0.115. The molecular weight excluding hydrogens is 266 g/mol. The van der Waals surface area contributed by atoms with Crippen molar-refractivity contribution in [2.45, 2.75) is 44.8 Å². The highest BCUT2D eigenvalue weighted by Gasteiger charge is 2.37. The Morgan fingerprint density at radius 3 is 2.42 bits per heavy atom.